The molecule has 3 rings (SSSR count). The fraction of sp³-hybridized carbons (Fsp3) is 0.400. The van der Waals surface area contributed by atoms with Crippen LogP contribution in [0.25, 0.3) is 0 Å². The van der Waals surface area contributed by atoms with Crippen LogP contribution in [0.3, 0.4) is 0 Å². The Morgan fingerprint density at radius 1 is 1.15 bits per heavy atom. The lowest BCUT2D eigenvalue weighted by molar-refractivity contribution is -0.896. The summed E-state index contributed by atoms with van der Waals surface area (Å²) in [6.45, 7) is 6.04. The van der Waals surface area contributed by atoms with Gasteiger partial charge in [-0.25, -0.2) is 0 Å². The highest BCUT2D eigenvalue weighted by molar-refractivity contribution is 5.91. The first-order valence-electron chi connectivity index (χ1n) is 9.11. The van der Waals surface area contributed by atoms with Crippen LogP contribution in [0.1, 0.15) is 21.7 Å². The maximum Gasteiger partial charge on any atom is 0.289 e. The Morgan fingerprint density at radius 2 is 1.92 bits per heavy atom. The van der Waals surface area contributed by atoms with Crippen molar-refractivity contribution in [2.75, 3.05) is 39.3 Å². The second-order valence-corrected chi connectivity index (χ2v) is 6.72. The molecule has 26 heavy (non-hydrogen) atoms. The summed E-state index contributed by atoms with van der Waals surface area (Å²) in [4.78, 5) is 27.4. The molecule has 1 aliphatic heterocycles. The van der Waals surface area contributed by atoms with Crippen LogP contribution in [-0.2, 0) is 11.2 Å². The summed E-state index contributed by atoms with van der Waals surface area (Å²) in [5, 5.41) is 3.01. The van der Waals surface area contributed by atoms with Gasteiger partial charge < -0.3 is 19.5 Å². The number of piperazine rings is 1. The summed E-state index contributed by atoms with van der Waals surface area (Å²) in [7, 11) is 0. The van der Waals surface area contributed by atoms with E-state index in [-0.39, 0.29) is 11.8 Å². The fourth-order valence-electron chi connectivity index (χ4n) is 3.28. The molecule has 1 aromatic heterocycles. The van der Waals surface area contributed by atoms with Gasteiger partial charge in [-0.15, -0.1) is 0 Å². The van der Waals surface area contributed by atoms with Gasteiger partial charge in [-0.1, -0.05) is 24.3 Å². The van der Waals surface area contributed by atoms with E-state index in [1.165, 1.54) is 22.3 Å². The van der Waals surface area contributed by atoms with Crippen molar-refractivity contribution >= 4 is 11.8 Å². The molecule has 1 aliphatic rings. The molecule has 0 bridgehead atoms. The van der Waals surface area contributed by atoms with Crippen molar-refractivity contribution in [1.29, 1.82) is 0 Å². The van der Waals surface area contributed by atoms with Gasteiger partial charge in [-0.05, 0) is 36.6 Å². The van der Waals surface area contributed by atoms with Gasteiger partial charge in [0.25, 0.3) is 11.8 Å². The molecule has 2 aromatic rings. The number of amides is 2. The van der Waals surface area contributed by atoms with Crippen molar-refractivity contribution in [1.82, 2.24) is 10.2 Å². The number of quaternary nitrogens is 1. The molecule has 0 saturated carbocycles. The van der Waals surface area contributed by atoms with Crippen molar-refractivity contribution in [2.45, 2.75) is 13.3 Å². The Morgan fingerprint density at radius 3 is 2.62 bits per heavy atom. The molecule has 0 radical (unpaired) electrons. The molecule has 0 aliphatic carbocycles. The molecule has 1 saturated heterocycles. The topological polar surface area (TPSA) is 67.0 Å². The van der Waals surface area contributed by atoms with Crippen LogP contribution >= 0.6 is 0 Å². The minimum atomic E-state index is -0.0725. The number of nitrogens with one attached hydrogen (secondary N) is 2. The van der Waals surface area contributed by atoms with E-state index in [2.05, 4.69) is 24.4 Å². The average Bonchev–Trinajstić information content (AvgIpc) is 3.18. The summed E-state index contributed by atoms with van der Waals surface area (Å²) in [5.41, 5.74) is 2.52. The Bertz CT molecular complexity index is 735. The van der Waals surface area contributed by atoms with Crippen molar-refractivity contribution in [3.8, 4) is 0 Å². The molecule has 6 heteroatoms. The zero-order chi connectivity index (χ0) is 18.4. The SMILES string of the molecule is Cc1ccccc1CCNC(=O)C[NH+]1CCN(C(=O)c2ccco2)CC1. The van der Waals surface area contributed by atoms with Gasteiger partial charge in [0, 0.05) is 6.54 Å². The summed E-state index contributed by atoms with van der Waals surface area (Å²) < 4.78 is 5.17. The fourth-order valence-corrected chi connectivity index (χ4v) is 3.28. The van der Waals surface area contributed by atoms with Crippen LogP contribution in [0.5, 0.6) is 0 Å². The number of hydrogen-bond donors (Lipinski definition) is 2. The summed E-state index contributed by atoms with van der Waals surface area (Å²) in [5.74, 6) is 0.374. The van der Waals surface area contributed by atoms with E-state index in [9.17, 15) is 9.59 Å². The zero-order valence-electron chi connectivity index (χ0n) is 15.2. The normalized spacial score (nSPS) is 15.0. The highest BCUT2D eigenvalue weighted by Gasteiger charge is 2.26. The van der Waals surface area contributed by atoms with E-state index in [1.54, 1.807) is 17.0 Å². The Balaban J connectivity index is 1.37. The highest BCUT2D eigenvalue weighted by atomic mass is 16.3. The first kappa shape index (κ1) is 18.2. The third-order valence-corrected chi connectivity index (χ3v) is 4.88. The molecule has 2 amide bonds. The Kier molecular flexibility index (Phi) is 6.07. The maximum absolute atomic E-state index is 12.2. The number of nitrogens with zero attached hydrogens (tertiary/aromatic N) is 1. The smallest absolute Gasteiger partial charge is 0.289 e. The van der Waals surface area contributed by atoms with Crippen molar-refractivity contribution in [2.24, 2.45) is 0 Å². The predicted octanol–water partition coefficient (Wildman–Crippen LogP) is 0.288. The molecular formula is C20H26N3O3+. The van der Waals surface area contributed by atoms with Crippen LogP contribution in [0.15, 0.2) is 47.1 Å². The molecule has 1 fully saturated rings. The lowest BCUT2D eigenvalue weighted by Crippen LogP contribution is -3.15. The van der Waals surface area contributed by atoms with Crippen LogP contribution in [0.4, 0.5) is 0 Å². The molecular weight excluding hydrogens is 330 g/mol. The molecule has 2 heterocycles. The lowest BCUT2D eigenvalue weighted by Gasteiger charge is -2.31. The van der Waals surface area contributed by atoms with E-state index >= 15 is 0 Å². The van der Waals surface area contributed by atoms with Crippen LogP contribution in [0.2, 0.25) is 0 Å². The number of rotatable bonds is 6. The minimum absolute atomic E-state index is 0.0689. The van der Waals surface area contributed by atoms with Crippen LogP contribution < -0.4 is 10.2 Å². The standard InChI is InChI=1S/C20H25N3O3/c1-16-5-2-3-6-17(16)8-9-21-19(24)15-22-10-12-23(13-11-22)20(25)18-7-4-14-26-18/h2-7,14H,8-13,15H2,1H3,(H,21,24)/p+1. The lowest BCUT2D eigenvalue weighted by atomic mass is 10.1. The van der Waals surface area contributed by atoms with Gasteiger partial charge in [0.15, 0.2) is 12.3 Å². The summed E-state index contributed by atoms with van der Waals surface area (Å²) in [6.07, 6.45) is 2.36. The third-order valence-electron chi connectivity index (χ3n) is 4.88. The summed E-state index contributed by atoms with van der Waals surface area (Å²) in [6, 6.07) is 11.6. The average molecular weight is 356 g/mol. The molecule has 0 atom stereocenters. The molecule has 6 nitrogen and oxygen atoms in total. The molecule has 2 N–H and O–H groups in total. The van der Waals surface area contributed by atoms with Crippen molar-refractivity contribution in [3.63, 3.8) is 0 Å². The number of hydrogen-bond acceptors (Lipinski definition) is 3. The molecule has 0 spiro atoms. The summed E-state index contributed by atoms with van der Waals surface area (Å²) >= 11 is 0. The van der Waals surface area contributed by atoms with E-state index < -0.39 is 0 Å². The quantitative estimate of drug-likeness (QED) is 0.782. The van der Waals surface area contributed by atoms with Gasteiger partial charge >= 0.3 is 0 Å². The minimum Gasteiger partial charge on any atom is -0.459 e. The van der Waals surface area contributed by atoms with Crippen molar-refractivity contribution in [3.05, 3.63) is 59.5 Å². The predicted molar refractivity (Wildman–Crippen MR) is 98.1 cm³/mol. The Hall–Kier alpha value is -2.60. The Labute approximate surface area is 153 Å². The molecule has 1 aromatic carbocycles. The first-order valence-corrected chi connectivity index (χ1v) is 9.11. The maximum atomic E-state index is 12.2. The van der Waals surface area contributed by atoms with Gasteiger partial charge in [0.05, 0.1) is 32.4 Å². The monoisotopic (exact) mass is 356 g/mol. The van der Waals surface area contributed by atoms with E-state index in [1.807, 2.05) is 12.1 Å². The largest absolute Gasteiger partial charge is 0.459 e. The third kappa shape index (κ3) is 4.73. The highest BCUT2D eigenvalue weighted by Crippen LogP contribution is 2.07. The van der Waals surface area contributed by atoms with Gasteiger partial charge in [-0.3, -0.25) is 9.59 Å². The van der Waals surface area contributed by atoms with E-state index in [0.717, 1.165) is 19.5 Å². The van der Waals surface area contributed by atoms with E-state index in [0.29, 0.717) is 31.9 Å². The van der Waals surface area contributed by atoms with Gasteiger partial charge in [0.1, 0.15) is 0 Å². The van der Waals surface area contributed by atoms with E-state index in [4.69, 9.17) is 4.42 Å². The second kappa shape index (κ2) is 8.67. The van der Waals surface area contributed by atoms with Crippen molar-refractivity contribution < 1.29 is 18.9 Å². The zero-order valence-corrected chi connectivity index (χ0v) is 15.2. The number of carbonyl (C=O) groups excluding carboxylic acids is 2. The van der Waals surface area contributed by atoms with Gasteiger partial charge in [-0.2, -0.15) is 0 Å². The molecule has 0 unspecified atom stereocenters. The number of carbonyl (C=O) groups is 2. The van der Waals surface area contributed by atoms with Gasteiger partial charge in [0.2, 0.25) is 0 Å². The number of furan rings is 1. The van der Waals surface area contributed by atoms with Crippen LogP contribution in [-0.4, -0.2) is 56.0 Å². The molecule has 138 valence electrons. The second-order valence-electron chi connectivity index (χ2n) is 6.72. The first-order chi connectivity index (χ1) is 12.6. The van der Waals surface area contributed by atoms with Crippen LogP contribution in [0, 0.1) is 6.92 Å². The number of aryl methyl sites for hydroxylation is 1. The number of benzene rings is 1.